The fourth-order valence-corrected chi connectivity index (χ4v) is 3.38. The van der Waals surface area contributed by atoms with Crippen molar-refractivity contribution in [3.63, 3.8) is 0 Å². The van der Waals surface area contributed by atoms with Gasteiger partial charge < -0.3 is 4.52 Å². The molecule has 1 aromatic rings. The lowest BCUT2D eigenvalue weighted by Crippen LogP contribution is -2.32. The maximum Gasteiger partial charge on any atom is 0.180 e. The van der Waals surface area contributed by atoms with E-state index in [0.717, 1.165) is 24.8 Å². The summed E-state index contributed by atoms with van der Waals surface area (Å²) >= 11 is 0. The highest BCUT2D eigenvalue weighted by Crippen LogP contribution is 2.43. The highest BCUT2D eigenvalue weighted by atomic mass is 31.1. The van der Waals surface area contributed by atoms with E-state index < -0.39 is 14.3 Å². The van der Waals surface area contributed by atoms with Crippen LogP contribution in [0.15, 0.2) is 30.3 Å². The van der Waals surface area contributed by atoms with Crippen molar-refractivity contribution >= 4 is 8.69 Å². The van der Waals surface area contributed by atoms with Crippen LogP contribution in [0.5, 0.6) is 0 Å². The SMILES string of the molecule is CCCCCC(CC(C)(C)C)(O[PH2]=O)c1ccccc1. The van der Waals surface area contributed by atoms with Gasteiger partial charge in [0.2, 0.25) is 0 Å². The molecule has 0 aliphatic rings. The second-order valence-electron chi connectivity index (χ2n) is 6.77. The third-order valence-corrected chi connectivity index (χ3v) is 4.12. The summed E-state index contributed by atoms with van der Waals surface area (Å²) in [6, 6.07) is 10.3. The van der Waals surface area contributed by atoms with Crippen molar-refractivity contribution in [2.45, 2.75) is 65.4 Å². The monoisotopic (exact) mass is 296 g/mol. The number of hydrogen-bond acceptors (Lipinski definition) is 2. The Morgan fingerprint density at radius 2 is 1.75 bits per heavy atom. The van der Waals surface area contributed by atoms with Gasteiger partial charge in [-0.15, -0.1) is 0 Å². The molecular weight excluding hydrogens is 267 g/mol. The second kappa shape index (κ2) is 8.00. The standard InChI is InChI=1S/C17H29O2P/c1-5-6-10-13-17(19-20-18,14-16(2,3)4)15-11-8-7-9-12-15/h7-9,11-12H,5-6,10,13-14,20H2,1-4H3. The summed E-state index contributed by atoms with van der Waals surface area (Å²) in [6.45, 7) is 8.85. The largest absolute Gasteiger partial charge is 0.321 e. The maximum atomic E-state index is 11.3. The van der Waals surface area contributed by atoms with Gasteiger partial charge in [-0.05, 0) is 23.8 Å². The first-order valence-corrected chi connectivity index (χ1v) is 8.55. The molecule has 0 bridgehead atoms. The van der Waals surface area contributed by atoms with Crippen LogP contribution in [-0.4, -0.2) is 0 Å². The zero-order valence-electron chi connectivity index (χ0n) is 13.3. The Kier molecular flexibility index (Phi) is 6.99. The van der Waals surface area contributed by atoms with Crippen LogP contribution in [0.3, 0.4) is 0 Å². The Morgan fingerprint density at radius 1 is 1.10 bits per heavy atom. The third-order valence-electron chi connectivity index (χ3n) is 3.57. The summed E-state index contributed by atoms with van der Waals surface area (Å²) in [5, 5.41) is 0. The number of benzene rings is 1. The maximum absolute atomic E-state index is 11.3. The smallest absolute Gasteiger partial charge is 0.180 e. The molecule has 0 saturated carbocycles. The van der Waals surface area contributed by atoms with Crippen molar-refractivity contribution in [3.05, 3.63) is 35.9 Å². The molecule has 0 spiro atoms. The zero-order valence-corrected chi connectivity index (χ0v) is 14.5. The van der Waals surface area contributed by atoms with Gasteiger partial charge in [0.1, 0.15) is 5.60 Å². The van der Waals surface area contributed by atoms with Crippen molar-refractivity contribution in [2.75, 3.05) is 0 Å². The molecule has 2 atom stereocenters. The van der Waals surface area contributed by atoms with Crippen LogP contribution in [0.2, 0.25) is 0 Å². The molecule has 0 aromatic heterocycles. The van der Waals surface area contributed by atoms with E-state index in [9.17, 15) is 4.57 Å². The zero-order chi connectivity index (χ0) is 15.1. The van der Waals surface area contributed by atoms with Crippen LogP contribution in [0.1, 0.15) is 65.4 Å². The highest BCUT2D eigenvalue weighted by molar-refractivity contribution is 7.17. The van der Waals surface area contributed by atoms with E-state index in [-0.39, 0.29) is 5.41 Å². The third kappa shape index (κ3) is 5.42. The van der Waals surface area contributed by atoms with Crippen molar-refractivity contribution in [1.82, 2.24) is 0 Å². The summed E-state index contributed by atoms with van der Waals surface area (Å²) in [4.78, 5) is 0. The summed E-state index contributed by atoms with van der Waals surface area (Å²) in [5.41, 5.74) is 0.900. The molecule has 2 unspecified atom stereocenters. The van der Waals surface area contributed by atoms with E-state index in [4.69, 9.17) is 4.52 Å². The van der Waals surface area contributed by atoms with Crippen LogP contribution in [0.25, 0.3) is 0 Å². The molecule has 0 fully saturated rings. The van der Waals surface area contributed by atoms with E-state index >= 15 is 0 Å². The molecule has 20 heavy (non-hydrogen) atoms. The van der Waals surface area contributed by atoms with Gasteiger partial charge >= 0.3 is 0 Å². The molecule has 1 aromatic carbocycles. The minimum Gasteiger partial charge on any atom is -0.321 e. The average molecular weight is 296 g/mol. The van der Waals surface area contributed by atoms with Gasteiger partial charge in [-0.3, -0.25) is 4.57 Å². The van der Waals surface area contributed by atoms with Crippen LogP contribution < -0.4 is 0 Å². The van der Waals surface area contributed by atoms with E-state index in [1.54, 1.807) is 0 Å². The summed E-state index contributed by atoms with van der Waals surface area (Å²) in [6.07, 6.45) is 5.32. The number of unbranched alkanes of at least 4 members (excludes halogenated alkanes) is 2. The summed E-state index contributed by atoms with van der Waals surface area (Å²) in [7, 11) is -1.20. The molecule has 2 nitrogen and oxygen atoms in total. The molecule has 0 aliphatic heterocycles. The van der Waals surface area contributed by atoms with Crippen LogP contribution in [-0.2, 0) is 14.7 Å². The lowest BCUT2D eigenvalue weighted by molar-refractivity contribution is 0.0246. The molecule has 0 saturated heterocycles. The minimum absolute atomic E-state index is 0.136. The average Bonchev–Trinajstić information content (AvgIpc) is 2.38. The quantitative estimate of drug-likeness (QED) is 0.462. The molecule has 0 N–H and O–H groups in total. The van der Waals surface area contributed by atoms with Gasteiger partial charge in [0, 0.05) is 0 Å². The molecule has 0 amide bonds. The molecule has 3 heteroatoms. The summed E-state index contributed by atoms with van der Waals surface area (Å²) < 4.78 is 17.2. The fourth-order valence-electron chi connectivity index (χ4n) is 2.85. The minimum atomic E-state index is -1.20. The second-order valence-corrected chi connectivity index (χ2v) is 7.20. The van der Waals surface area contributed by atoms with E-state index in [1.807, 2.05) is 18.2 Å². The van der Waals surface area contributed by atoms with Crippen LogP contribution in [0, 0.1) is 5.41 Å². The molecule has 1 rings (SSSR count). The predicted molar refractivity (Wildman–Crippen MR) is 87.8 cm³/mol. The first-order valence-electron chi connectivity index (χ1n) is 7.60. The van der Waals surface area contributed by atoms with E-state index in [2.05, 4.69) is 39.8 Å². The van der Waals surface area contributed by atoms with Gasteiger partial charge in [0.15, 0.2) is 8.69 Å². The first kappa shape index (κ1) is 17.5. The van der Waals surface area contributed by atoms with Gasteiger partial charge in [-0.2, -0.15) is 0 Å². The number of rotatable bonds is 8. The Bertz CT molecular complexity index is 397. The first-order chi connectivity index (χ1) is 9.43. The molecular formula is C17H29O2P. The molecule has 0 aliphatic carbocycles. The molecule has 114 valence electrons. The molecule has 0 heterocycles. The Balaban J connectivity index is 3.08. The number of hydrogen-bond donors (Lipinski definition) is 0. The lowest BCUT2D eigenvalue weighted by atomic mass is 9.75. The van der Waals surface area contributed by atoms with Gasteiger partial charge in [0.05, 0.1) is 0 Å². The van der Waals surface area contributed by atoms with Gasteiger partial charge in [-0.1, -0.05) is 77.3 Å². The Hall–Kier alpha value is -0.590. The normalized spacial score (nSPS) is 15.6. The highest BCUT2D eigenvalue weighted by Gasteiger charge is 2.36. The van der Waals surface area contributed by atoms with Crippen molar-refractivity contribution in [1.29, 1.82) is 0 Å². The van der Waals surface area contributed by atoms with Gasteiger partial charge in [-0.25, -0.2) is 0 Å². The van der Waals surface area contributed by atoms with E-state index in [1.165, 1.54) is 12.8 Å². The molecule has 0 radical (unpaired) electrons. The Labute approximate surface area is 125 Å². The van der Waals surface area contributed by atoms with Crippen LogP contribution >= 0.6 is 8.69 Å². The van der Waals surface area contributed by atoms with Crippen molar-refractivity contribution in [2.24, 2.45) is 5.41 Å². The fraction of sp³-hybridized carbons (Fsp3) is 0.647. The lowest BCUT2D eigenvalue weighted by Gasteiger charge is -2.38. The van der Waals surface area contributed by atoms with Crippen molar-refractivity contribution < 1.29 is 9.09 Å². The van der Waals surface area contributed by atoms with E-state index in [0.29, 0.717) is 0 Å². The Morgan fingerprint density at radius 3 is 2.25 bits per heavy atom. The topological polar surface area (TPSA) is 26.3 Å². The van der Waals surface area contributed by atoms with Crippen LogP contribution in [0.4, 0.5) is 0 Å². The van der Waals surface area contributed by atoms with Gasteiger partial charge in [0.25, 0.3) is 0 Å². The van der Waals surface area contributed by atoms with Crippen molar-refractivity contribution in [3.8, 4) is 0 Å². The summed E-state index contributed by atoms with van der Waals surface area (Å²) in [5.74, 6) is 0. The predicted octanol–water partition coefficient (Wildman–Crippen LogP) is 5.59.